The molecule has 0 radical (unpaired) electrons. The van der Waals surface area contributed by atoms with E-state index >= 15 is 4.39 Å². The van der Waals surface area contributed by atoms with E-state index in [1.807, 2.05) is 20.8 Å². The number of sulfonamides is 1. The average Bonchev–Trinajstić information content (AvgIpc) is 3.34. The van der Waals surface area contributed by atoms with Crippen LogP contribution in [0.25, 0.3) is 21.8 Å². The van der Waals surface area contributed by atoms with Gasteiger partial charge in [-0.1, -0.05) is 13.0 Å². The van der Waals surface area contributed by atoms with Gasteiger partial charge in [0.25, 0.3) is 0 Å². The Hall–Kier alpha value is -3.32. The van der Waals surface area contributed by atoms with Crippen molar-refractivity contribution in [1.82, 2.24) is 19.9 Å². The van der Waals surface area contributed by atoms with Crippen LogP contribution >= 0.6 is 11.3 Å². The quantitative estimate of drug-likeness (QED) is 0.341. The molecule has 1 aliphatic heterocycles. The van der Waals surface area contributed by atoms with Crippen LogP contribution in [-0.2, 0) is 14.8 Å². The zero-order valence-corrected chi connectivity index (χ0v) is 25.0. The predicted molar refractivity (Wildman–Crippen MR) is 156 cm³/mol. The Labute approximate surface area is 238 Å². The number of aromatic nitrogens is 3. The molecule has 1 aliphatic rings. The highest BCUT2D eigenvalue weighted by Crippen LogP contribution is 2.42. The second-order valence-corrected chi connectivity index (χ2v) is 13.4. The molecule has 0 unspecified atom stereocenters. The first-order valence-electron chi connectivity index (χ1n) is 13.2. The van der Waals surface area contributed by atoms with Crippen molar-refractivity contribution in [3.8, 4) is 21.8 Å². The summed E-state index contributed by atoms with van der Waals surface area (Å²) in [5.41, 5.74) is 0.422. The van der Waals surface area contributed by atoms with Gasteiger partial charge in [-0.15, -0.1) is 11.3 Å². The molecular formula is C27H35FN6O4S2. The minimum absolute atomic E-state index is 0.0519. The van der Waals surface area contributed by atoms with Gasteiger partial charge in [-0.05, 0) is 58.2 Å². The van der Waals surface area contributed by atoms with Crippen LogP contribution in [0.3, 0.4) is 0 Å². The number of ether oxygens (including phenoxy) is 1. The van der Waals surface area contributed by atoms with Crippen LogP contribution in [0.1, 0.15) is 57.9 Å². The van der Waals surface area contributed by atoms with Crippen molar-refractivity contribution in [3.05, 3.63) is 41.3 Å². The van der Waals surface area contributed by atoms with E-state index in [9.17, 15) is 13.2 Å². The van der Waals surface area contributed by atoms with Gasteiger partial charge >= 0.3 is 6.09 Å². The number of carbonyl (C=O) groups excluding carboxylic acids is 1. The molecule has 0 bridgehead atoms. The van der Waals surface area contributed by atoms with Crippen LogP contribution in [0.15, 0.2) is 30.5 Å². The molecular weight excluding hydrogens is 555 g/mol. The van der Waals surface area contributed by atoms with Gasteiger partial charge in [0.15, 0.2) is 5.82 Å². The van der Waals surface area contributed by atoms with Gasteiger partial charge < -0.3 is 15.0 Å². The van der Waals surface area contributed by atoms with Crippen LogP contribution in [-0.4, -0.2) is 65.9 Å². The summed E-state index contributed by atoms with van der Waals surface area (Å²) in [6.07, 6.45) is 3.04. The minimum Gasteiger partial charge on any atom is -0.444 e. The second-order valence-electron chi connectivity index (χ2n) is 10.6. The summed E-state index contributed by atoms with van der Waals surface area (Å²) in [6, 6.07) is 6.32. The van der Waals surface area contributed by atoms with Gasteiger partial charge in [-0.2, -0.15) is 0 Å². The molecule has 10 nitrogen and oxygen atoms in total. The number of benzene rings is 1. The second kappa shape index (κ2) is 12.0. The number of likely N-dealkylation sites (tertiary alicyclic amines) is 1. The van der Waals surface area contributed by atoms with Crippen molar-refractivity contribution in [2.24, 2.45) is 0 Å². The molecule has 0 spiro atoms. The van der Waals surface area contributed by atoms with E-state index in [1.165, 1.54) is 17.4 Å². The van der Waals surface area contributed by atoms with Crippen molar-refractivity contribution in [3.63, 3.8) is 0 Å². The summed E-state index contributed by atoms with van der Waals surface area (Å²) in [7, 11) is -1.98. The largest absolute Gasteiger partial charge is 0.444 e. The Balaban J connectivity index is 1.69. The van der Waals surface area contributed by atoms with E-state index < -0.39 is 21.4 Å². The number of anilines is 2. The minimum atomic E-state index is -3.69. The lowest BCUT2D eigenvalue weighted by Gasteiger charge is -2.32. The topological polar surface area (TPSA) is 126 Å². The molecule has 2 N–H and O–H groups in total. The van der Waals surface area contributed by atoms with Crippen LogP contribution in [0.2, 0.25) is 0 Å². The van der Waals surface area contributed by atoms with Crippen LogP contribution < -0.4 is 10.0 Å². The Morgan fingerprint density at radius 1 is 1.20 bits per heavy atom. The summed E-state index contributed by atoms with van der Waals surface area (Å²) in [5.74, 6) is -0.358. The molecule has 13 heteroatoms. The van der Waals surface area contributed by atoms with Crippen molar-refractivity contribution >= 4 is 39.1 Å². The van der Waals surface area contributed by atoms with Crippen molar-refractivity contribution < 1.29 is 22.3 Å². The molecule has 3 aromatic rings. The number of hydrogen-bond donors (Lipinski definition) is 2. The fourth-order valence-electron chi connectivity index (χ4n) is 4.39. The normalized spacial score (nSPS) is 14.7. The first kappa shape index (κ1) is 29.7. The number of piperidine rings is 1. The first-order valence-corrected chi connectivity index (χ1v) is 15.7. The van der Waals surface area contributed by atoms with Crippen LogP contribution in [0, 0.1) is 5.82 Å². The monoisotopic (exact) mass is 590 g/mol. The predicted octanol–water partition coefficient (Wildman–Crippen LogP) is 5.71. The van der Waals surface area contributed by atoms with Gasteiger partial charge in [0.05, 0.1) is 32.7 Å². The van der Waals surface area contributed by atoms with Gasteiger partial charge in [-0.3, -0.25) is 4.72 Å². The SMILES string of the molecule is CCCS(=O)(=O)Nc1cccc(-c2nc(C3CCN(C(=O)OC(C)(C)C)CC3)sc2-c2ccnc(NC)n2)c1F. The molecule has 1 saturated heterocycles. The summed E-state index contributed by atoms with van der Waals surface area (Å²) < 4.78 is 48.4. The molecule has 1 aromatic carbocycles. The van der Waals surface area contributed by atoms with E-state index in [2.05, 4.69) is 20.0 Å². The van der Waals surface area contributed by atoms with Gasteiger partial charge in [0.2, 0.25) is 16.0 Å². The van der Waals surface area contributed by atoms with E-state index in [4.69, 9.17) is 9.72 Å². The molecule has 216 valence electrons. The third-order valence-corrected chi connectivity index (χ3v) is 8.96. The first-order chi connectivity index (χ1) is 18.9. The number of hydrogen-bond acceptors (Lipinski definition) is 9. The van der Waals surface area contributed by atoms with Gasteiger partial charge in [0, 0.05) is 37.8 Å². The average molecular weight is 591 g/mol. The molecule has 1 amide bonds. The number of halogens is 1. The standard InChI is InChI=1S/C27H35FN6O4S2/c1-6-16-40(36,37)33-19-9-7-8-18(21(19)28)22-23(20-10-13-30-25(29-5)31-20)39-24(32-22)17-11-14-34(15-12-17)26(35)38-27(2,3)4/h7-10,13,17,33H,6,11-12,14-16H2,1-5H3,(H,29,30,31). The van der Waals surface area contributed by atoms with Crippen molar-refractivity contribution in [2.75, 3.05) is 35.9 Å². The van der Waals surface area contributed by atoms with Crippen molar-refractivity contribution in [1.29, 1.82) is 0 Å². The molecule has 0 aliphatic carbocycles. The summed E-state index contributed by atoms with van der Waals surface area (Å²) in [4.78, 5) is 28.5. The van der Waals surface area contributed by atoms with Crippen LogP contribution in [0.5, 0.6) is 0 Å². The zero-order valence-electron chi connectivity index (χ0n) is 23.3. The molecule has 3 heterocycles. The summed E-state index contributed by atoms with van der Waals surface area (Å²) in [6.45, 7) is 8.30. The maximum Gasteiger partial charge on any atom is 0.410 e. The molecule has 2 aromatic heterocycles. The maximum atomic E-state index is 15.8. The summed E-state index contributed by atoms with van der Waals surface area (Å²) in [5, 5.41) is 3.72. The maximum absolute atomic E-state index is 15.8. The highest BCUT2D eigenvalue weighted by atomic mass is 32.2. The molecule has 0 atom stereocenters. The van der Waals surface area contributed by atoms with E-state index in [0.717, 1.165) is 5.01 Å². The Morgan fingerprint density at radius 2 is 1.93 bits per heavy atom. The number of amides is 1. The molecule has 4 rings (SSSR count). The van der Waals surface area contributed by atoms with Gasteiger partial charge in [-0.25, -0.2) is 32.6 Å². The lowest BCUT2D eigenvalue weighted by molar-refractivity contribution is 0.0204. The fraction of sp³-hybridized carbons (Fsp3) is 0.481. The van der Waals surface area contributed by atoms with E-state index in [-0.39, 0.29) is 29.0 Å². The number of carbonyl (C=O) groups is 1. The molecule has 1 fully saturated rings. The third kappa shape index (κ3) is 7.05. The zero-order chi connectivity index (χ0) is 29.1. The van der Waals surface area contributed by atoms with Crippen LogP contribution in [0.4, 0.5) is 20.8 Å². The number of rotatable bonds is 8. The van der Waals surface area contributed by atoms with Crippen molar-refractivity contribution in [2.45, 2.75) is 58.5 Å². The Morgan fingerprint density at radius 3 is 2.58 bits per heavy atom. The molecule has 0 saturated carbocycles. The lowest BCUT2D eigenvalue weighted by Crippen LogP contribution is -2.41. The Kier molecular flexibility index (Phi) is 8.93. The summed E-state index contributed by atoms with van der Waals surface area (Å²) >= 11 is 1.42. The highest BCUT2D eigenvalue weighted by Gasteiger charge is 2.31. The molecule has 40 heavy (non-hydrogen) atoms. The number of nitrogens with zero attached hydrogens (tertiary/aromatic N) is 4. The Bertz CT molecular complexity index is 1460. The number of nitrogens with one attached hydrogen (secondary N) is 2. The highest BCUT2D eigenvalue weighted by molar-refractivity contribution is 7.92. The lowest BCUT2D eigenvalue weighted by atomic mass is 9.97. The number of thiazole rings is 1. The fourth-order valence-corrected chi connectivity index (χ4v) is 6.74. The van der Waals surface area contributed by atoms with E-state index in [0.29, 0.717) is 54.6 Å². The third-order valence-electron chi connectivity index (χ3n) is 6.24. The van der Waals surface area contributed by atoms with E-state index in [1.54, 1.807) is 43.3 Å². The smallest absolute Gasteiger partial charge is 0.410 e. The van der Waals surface area contributed by atoms with Gasteiger partial charge in [0.1, 0.15) is 5.60 Å².